The minimum Gasteiger partial charge on any atom is -0.456 e. The van der Waals surface area contributed by atoms with Crippen LogP contribution in [-0.2, 0) is 10.8 Å². The van der Waals surface area contributed by atoms with E-state index in [0.29, 0.717) is 78.3 Å². The third-order valence-corrected chi connectivity index (χ3v) is 20.3. The van der Waals surface area contributed by atoms with Crippen LogP contribution >= 0.6 is 0 Å². The van der Waals surface area contributed by atoms with E-state index < -0.39 is 103 Å². The molecule has 14 aromatic carbocycles. The summed E-state index contributed by atoms with van der Waals surface area (Å²) < 4.78 is 170. The predicted molar refractivity (Wildman–Crippen MR) is 417 cm³/mol. The third-order valence-electron chi connectivity index (χ3n) is 20.3. The van der Waals surface area contributed by atoms with E-state index in [1.54, 1.807) is 4.57 Å². The molecule has 0 unspecified atom stereocenters. The lowest BCUT2D eigenvalue weighted by Crippen LogP contribution is -2.61. The Balaban J connectivity index is 1.05. The van der Waals surface area contributed by atoms with Gasteiger partial charge in [-0.15, -0.1) is 0 Å². The van der Waals surface area contributed by atoms with Crippen LogP contribution in [-0.4, -0.2) is 15.8 Å². The number of hydrogen-bond donors (Lipinski definition) is 0. The van der Waals surface area contributed by atoms with Gasteiger partial charge < -0.3 is 27.8 Å². The van der Waals surface area contributed by atoms with Crippen molar-refractivity contribution in [2.24, 2.45) is 0 Å². The van der Waals surface area contributed by atoms with Crippen LogP contribution in [0.25, 0.3) is 132 Å². The molecular formula is C92H67BN4O2. The van der Waals surface area contributed by atoms with Crippen LogP contribution in [0, 0.1) is 0 Å². The van der Waals surface area contributed by atoms with Gasteiger partial charge in [-0.25, -0.2) is 0 Å². The molecule has 0 bridgehead atoms. The van der Waals surface area contributed by atoms with Gasteiger partial charge in [0.05, 0.1) is 71.8 Å². The lowest BCUT2D eigenvalue weighted by molar-refractivity contribution is 0.569. The fourth-order valence-electron chi connectivity index (χ4n) is 15.7. The van der Waals surface area contributed by atoms with E-state index in [9.17, 15) is 19.2 Å². The average Bonchev–Trinajstić information content (AvgIpc) is 1.66. The lowest BCUT2D eigenvalue weighted by Gasteiger charge is -2.45. The summed E-state index contributed by atoms with van der Waals surface area (Å²) in [4.78, 5) is 4.42. The average molecular weight is 1290 g/mol. The maximum atomic E-state index is 10.2. The number of para-hydroxylation sites is 6. The molecule has 0 aliphatic carbocycles. The molecular weight excluding hydrogens is 1200 g/mol. The van der Waals surface area contributed by atoms with Crippen LogP contribution in [0.2, 0.25) is 0 Å². The summed E-state index contributed by atoms with van der Waals surface area (Å²) in [6.45, 7) is 12.4. The maximum Gasteiger partial charge on any atom is 0.252 e. The molecule has 2 aliphatic rings. The summed E-state index contributed by atoms with van der Waals surface area (Å²) in [5.74, 6) is 0. The highest BCUT2D eigenvalue weighted by Gasteiger charge is 2.46. The number of benzene rings is 14. The number of fused-ring (bicyclic) bond motifs is 16. The number of rotatable bonds is 7. The molecule has 6 nitrogen and oxygen atoms in total. The summed E-state index contributed by atoms with van der Waals surface area (Å²) in [7, 11) is 0. The Morgan fingerprint density at radius 3 is 1.19 bits per heavy atom. The highest BCUT2D eigenvalue weighted by atomic mass is 16.3. The van der Waals surface area contributed by atoms with Gasteiger partial charge in [0.1, 0.15) is 22.3 Å². The minimum atomic E-state index is -0.813. The number of furan rings is 2. The molecule has 18 aromatic rings. The van der Waals surface area contributed by atoms with Crippen molar-refractivity contribution >= 4 is 145 Å². The van der Waals surface area contributed by atoms with Gasteiger partial charge in [-0.1, -0.05) is 248 Å². The van der Waals surface area contributed by atoms with Crippen molar-refractivity contribution in [3.05, 3.63) is 308 Å². The molecule has 20 rings (SSSR count). The van der Waals surface area contributed by atoms with Gasteiger partial charge in [0.2, 0.25) is 0 Å². The van der Waals surface area contributed by atoms with E-state index in [4.69, 9.17) is 11.6 Å². The Labute approximate surface area is 597 Å². The van der Waals surface area contributed by atoms with Crippen molar-refractivity contribution in [3.8, 4) is 44.8 Å². The molecule has 0 saturated carbocycles. The van der Waals surface area contributed by atoms with Crippen molar-refractivity contribution in [1.82, 2.24) is 9.13 Å². The first-order valence-electron chi connectivity index (χ1n) is 41.3. The first-order chi connectivity index (χ1) is 55.0. The highest BCUT2D eigenvalue weighted by Crippen LogP contribution is 2.55. The number of hydrogen-bond acceptors (Lipinski definition) is 4. The standard InChI is InChI=1S/C92H67BN4O2/c1-91(2,3)60-49-59(50-61(52-60)92(4,5)6)58-41-45-72-78(51-58)96(89-64(56-25-9-7-10-26-56)43-47-84-86(89)70-33-17-23-39-82(70)98-84)80-54-63(95-76-37-21-15-31-68(76)69-32-16-22-38-77(69)95)55-81-88(80)93(72)73-46-42-62(94-74-35-19-13-29-66(74)67-30-14-20-36-75(67)94)53-79(73)97(81)90-65(57-27-11-8-12-28-57)44-48-85-87(90)71-34-18-24-40-83(71)99-85/h7-55H,1-6H3/i13D,14D,15D,16D,19D,20D,21D,22D,29D,30D,31D,32D,35D,36D,37D,38D. The minimum absolute atomic E-state index is 0.0971. The number of nitrogens with zero attached hydrogens (tertiary/aromatic N) is 4. The van der Waals surface area contributed by atoms with E-state index >= 15 is 0 Å². The molecule has 7 heteroatoms. The van der Waals surface area contributed by atoms with E-state index in [2.05, 4.69) is 106 Å². The molecule has 470 valence electrons. The predicted octanol–water partition coefficient (Wildman–Crippen LogP) is 23.4. The fraction of sp³-hybridized carbons (Fsp3) is 0.0870. The zero-order valence-corrected chi connectivity index (χ0v) is 54.7. The molecule has 0 N–H and O–H groups in total. The topological polar surface area (TPSA) is 42.6 Å². The van der Waals surface area contributed by atoms with Gasteiger partial charge in [0.25, 0.3) is 6.71 Å². The van der Waals surface area contributed by atoms with E-state index in [1.807, 2.05) is 146 Å². The first-order valence-corrected chi connectivity index (χ1v) is 33.3. The smallest absolute Gasteiger partial charge is 0.252 e. The SMILES string of the molecule is [2H]c1c([2H])c([2H])c2c(c1[2H])c1c([2H])c([2H])c([2H])c([2H])c1n2-c1ccc2c(c1)N(c1c(-c3ccccc3)ccc3oc4ccccc4c13)c1cc(-n3c4c([2H])c([2H])c([2H])c([2H])c4c4c([2H])c([2H])c([2H])c([2H])c43)cc3c1B2c1ccc(-c2cc(C(C)(C)C)cc(C(C)(C)C)c2)cc1N3c1c(-c2ccccc2)ccc2oc3ccccc3c12. The molecule has 2 aliphatic heterocycles. The zero-order valence-electron chi connectivity index (χ0n) is 70.7. The molecule has 0 saturated heterocycles. The summed E-state index contributed by atoms with van der Waals surface area (Å²) >= 11 is 0. The summed E-state index contributed by atoms with van der Waals surface area (Å²) in [5, 5.41) is 2.42. The zero-order chi connectivity index (χ0) is 80.1. The van der Waals surface area contributed by atoms with Crippen LogP contribution in [0.5, 0.6) is 0 Å². The van der Waals surface area contributed by atoms with Crippen molar-refractivity contribution in [1.29, 1.82) is 0 Å². The van der Waals surface area contributed by atoms with Crippen molar-refractivity contribution in [3.63, 3.8) is 0 Å². The second kappa shape index (κ2) is 21.2. The van der Waals surface area contributed by atoms with E-state index in [-0.39, 0.29) is 65.8 Å². The lowest BCUT2D eigenvalue weighted by atomic mass is 9.33. The first kappa shape index (κ1) is 43.2. The normalized spacial score (nSPS) is 15.4. The molecule has 4 aromatic heterocycles. The molecule has 0 amide bonds. The van der Waals surface area contributed by atoms with Crippen LogP contribution in [0.3, 0.4) is 0 Å². The van der Waals surface area contributed by atoms with Gasteiger partial charge in [0.15, 0.2) is 0 Å². The molecule has 99 heavy (non-hydrogen) atoms. The fourth-order valence-corrected chi connectivity index (χ4v) is 15.7. The number of aromatic nitrogens is 2. The van der Waals surface area contributed by atoms with E-state index in [0.717, 1.165) is 60.6 Å². The van der Waals surface area contributed by atoms with Crippen molar-refractivity contribution in [2.45, 2.75) is 52.4 Å². The largest absolute Gasteiger partial charge is 0.456 e. The van der Waals surface area contributed by atoms with Crippen LogP contribution in [0.15, 0.2) is 306 Å². The van der Waals surface area contributed by atoms with Gasteiger partial charge in [-0.05, 0) is 151 Å². The molecule has 6 heterocycles. The van der Waals surface area contributed by atoms with Gasteiger partial charge in [-0.2, -0.15) is 0 Å². The van der Waals surface area contributed by atoms with Crippen LogP contribution in [0.4, 0.5) is 34.1 Å². The summed E-state index contributed by atoms with van der Waals surface area (Å²) in [5.41, 5.74) is 14.4. The maximum absolute atomic E-state index is 10.2. The Morgan fingerprint density at radius 1 is 0.323 bits per heavy atom. The highest BCUT2D eigenvalue weighted by molar-refractivity contribution is 7.00. The Kier molecular flexibility index (Phi) is 9.26. The Bertz CT molecular complexity index is 7240. The summed E-state index contributed by atoms with van der Waals surface area (Å²) in [6, 6.07) is 57.8. The van der Waals surface area contributed by atoms with Crippen LogP contribution in [0.1, 0.15) is 74.6 Å². The van der Waals surface area contributed by atoms with Crippen molar-refractivity contribution in [2.75, 3.05) is 9.80 Å². The third kappa shape index (κ3) is 8.56. The monoisotopic (exact) mass is 1290 g/mol. The Morgan fingerprint density at radius 2 is 0.727 bits per heavy atom. The van der Waals surface area contributed by atoms with Gasteiger partial charge >= 0.3 is 0 Å². The number of anilines is 6. The molecule has 0 radical (unpaired) electrons. The van der Waals surface area contributed by atoms with Crippen molar-refractivity contribution < 1.29 is 30.8 Å². The second-order valence-electron chi connectivity index (χ2n) is 28.0. The second-order valence-corrected chi connectivity index (χ2v) is 28.0. The van der Waals surface area contributed by atoms with Gasteiger partial charge in [0, 0.05) is 71.9 Å². The van der Waals surface area contributed by atoms with E-state index in [1.165, 1.54) is 4.57 Å². The molecule has 0 fully saturated rings. The summed E-state index contributed by atoms with van der Waals surface area (Å²) in [6.07, 6.45) is 0. The molecule has 0 atom stereocenters. The van der Waals surface area contributed by atoms with Gasteiger partial charge in [-0.3, -0.25) is 0 Å². The molecule has 0 spiro atoms. The van der Waals surface area contributed by atoms with Crippen LogP contribution < -0.4 is 26.2 Å². The quantitative estimate of drug-likeness (QED) is 0.149. The Hall–Kier alpha value is -12.1.